The van der Waals surface area contributed by atoms with Crippen LogP contribution >= 0.6 is 0 Å². The van der Waals surface area contributed by atoms with Crippen molar-refractivity contribution in [1.82, 2.24) is 10.2 Å². The number of anilines is 1. The van der Waals surface area contributed by atoms with Gasteiger partial charge in [-0.2, -0.15) is 0 Å². The predicted octanol–water partition coefficient (Wildman–Crippen LogP) is 6.31. The Morgan fingerprint density at radius 2 is 1.38 bits per heavy atom. The first-order chi connectivity index (χ1) is 21.6. The molecular formula is C37H43N3O4S. The fourth-order valence-corrected chi connectivity index (χ4v) is 6.64. The molecule has 0 fully saturated rings. The number of sulfonamides is 1. The first-order valence-corrected chi connectivity index (χ1v) is 16.9. The van der Waals surface area contributed by atoms with Crippen molar-refractivity contribution in [1.29, 1.82) is 0 Å². The normalized spacial score (nSPS) is 12.6. The van der Waals surface area contributed by atoms with Crippen molar-refractivity contribution in [2.75, 3.05) is 10.8 Å². The zero-order chi connectivity index (χ0) is 32.4. The first kappa shape index (κ1) is 33.5. The highest BCUT2D eigenvalue weighted by molar-refractivity contribution is 7.92. The number of hydrogen-bond acceptors (Lipinski definition) is 4. The van der Waals surface area contributed by atoms with Gasteiger partial charge in [0.2, 0.25) is 11.8 Å². The first-order valence-electron chi connectivity index (χ1n) is 15.5. The third-order valence-corrected chi connectivity index (χ3v) is 9.77. The van der Waals surface area contributed by atoms with E-state index in [1.165, 1.54) is 21.3 Å². The van der Waals surface area contributed by atoms with Crippen molar-refractivity contribution in [2.24, 2.45) is 0 Å². The summed E-state index contributed by atoms with van der Waals surface area (Å²) >= 11 is 0. The van der Waals surface area contributed by atoms with Gasteiger partial charge in [-0.25, -0.2) is 8.42 Å². The molecule has 0 aliphatic heterocycles. The molecule has 7 nitrogen and oxygen atoms in total. The molecule has 0 bridgehead atoms. The number of carbonyl (C=O) groups excluding carboxylic acids is 2. The molecular weight excluding hydrogens is 582 g/mol. The standard InChI is InChI=1S/C37H43N3O4S/c1-5-29(4)38-37(42)35(25-30-15-9-7-10-16-30)39(26-31-23-21-28(3)22-24-31)36(41)27-40(34-20-14-13-17-32(34)6-2)45(43,44)33-18-11-8-12-19-33/h7-24,29,35H,5-6,25-27H2,1-4H3,(H,38,42)/t29-,35+/m1/s1. The van der Waals surface area contributed by atoms with Crippen LogP contribution in [-0.2, 0) is 39.0 Å². The Kier molecular flexibility index (Phi) is 11.5. The quantitative estimate of drug-likeness (QED) is 0.178. The van der Waals surface area contributed by atoms with Crippen molar-refractivity contribution in [3.8, 4) is 0 Å². The summed E-state index contributed by atoms with van der Waals surface area (Å²) < 4.78 is 29.6. The lowest BCUT2D eigenvalue weighted by atomic mass is 10.0. The lowest BCUT2D eigenvalue weighted by Crippen LogP contribution is -2.54. The fourth-order valence-electron chi connectivity index (χ4n) is 5.17. The van der Waals surface area contributed by atoms with Crippen LogP contribution in [0.15, 0.2) is 114 Å². The molecule has 0 saturated heterocycles. The average molecular weight is 626 g/mol. The minimum absolute atomic E-state index is 0.0872. The average Bonchev–Trinajstić information content (AvgIpc) is 3.06. The Bertz CT molecular complexity index is 1660. The van der Waals surface area contributed by atoms with Gasteiger partial charge in [0, 0.05) is 19.0 Å². The number of nitrogens with zero attached hydrogens (tertiary/aromatic N) is 2. The summed E-state index contributed by atoms with van der Waals surface area (Å²) in [5.41, 5.74) is 4.05. The molecule has 45 heavy (non-hydrogen) atoms. The van der Waals surface area contributed by atoms with E-state index in [2.05, 4.69) is 5.32 Å². The smallest absolute Gasteiger partial charge is 0.264 e. The number of rotatable bonds is 14. The van der Waals surface area contributed by atoms with Gasteiger partial charge in [0.25, 0.3) is 10.0 Å². The number of amides is 2. The van der Waals surface area contributed by atoms with Crippen LogP contribution in [0.2, 0.25) is 0 Å². The molecule has 2 atom stereocenters. The highest BCUT2D eigenvalue weighted by Crippen LogP contribution is 2.28. The van der Waals surface area contributed by atoms with E-state index in [1.54, 1.807) is 30.3 Å². The minimum atomic E-state index is -4.14. The summed E-state index contributed by atoms with van der Waals surface area (Å²) in [7, 11) is -4.14. The van der Waals surface area contributed by atoms with Crippen molar-refractivity contribution < 1.29 is 18.0 Å². The van der Waals surface area contributed by atoms with E-state index in [1.807, 2.05) is 94.4 Å². The van der Waals surface area contributed by atoms with Crippen molar-refractivity contribution in [3.05, 3.63) is 131 Å². The number of aryl methyl sites for hydroxylation is 2. The molecule has 0 saturated carbocycles. The van der Waals surface area contributed by atoms with E-state index < -0.39 is 28.5 Å². The maximum Gasteiger partial charge on any atom is 0.264 e. The zero-order valence-electron chi connectivity index (χ0n) is 26.5. The molecule has 0 spiro atoms. The number of hydrogen-bond donors (Lipinski definition) is 1. The van der Waals surface area contributed by atoms with E-state index in [4.69, 9.17) is 0 Å². The second-order valence-electron chi connectivity index (χ2n) is 11.3. The Hall–Kier alpha value is -4.43. The molecule has 4 rings (SSSR count). The van der Waals surface area contributed by atoms with Crippen LogP contribution < -0.4 is 9.62 Å². The Labute approximate surface area is 268 Å². The van der Waals surface area contributed by atoms with Crippen LogP contribution in [0.4, 0.5) is 5.69 Å². The van der Waals surface area contributed by atoms with E-state index in [9.17, 15) is 18.0 Å². The number of para-hydroxylation sites is 1. The van der Waals surface area contributed by atoms with Crippen LogP contribution in [0.5, 0.6) is 0 Å². The molecule has 236 valence electrons. The van der Waals surface area contributed by atoms with Crippen LogP contribution in [0.25, 0.3) is 0 Å². The molecule has 0 aromatic heterocycles. The molecule has 0 unspecified atom stereocenters. The summed E-state index contributed by atoms with van der Waals surface area (Å²) in [6.07, 6.45) is 1.58. The van der Waals surface area contributed by atoms with Crippen molar-refractivity contribution >= 4 is 27.5 Å². The van der Waals surface area contributed by atoms with Gasteiger partial charge in [-0.15, -0.1) is 0 Å². The maximum absolute atomic E-state index is 14.6. The second-order valence-corrected chi connectivity index (χ2v) is 13.2. The van der Waals surface area contributed by atoms with E-state index in [-0.39, 0.29) is 29.8 Å². The summed E-state index contributed by atoms with van der Waals surface area (Å²) in [4.78, 5) is 30.2. The zero-order valence-corrected chi connectivity index (χ0v) is 27.3. The van der Waals surface area contributed by atoms with Crippen LogP contribution in [-0.4, -0.2) is 43.8 Å². The highest BCUT2D eigenvalue weighted by atomic mass is 32.2. The predicted molar refractivity (Wildman–Crippen MR) is 180 cm³/mol. The summed E-state index contributed by atoms with van der Waals surface area (Å²) in [5.74, 6) is -0.749. The number of benzene rings is 4. The van der Waals surface area contributed by atoms with Gasteiger partial charge in [0.1, 0.15) is 12.6 Å². The topological polar surface area (TPSA) is 86.8 Å². The Morgan fingerprint density at radius 3 is 2.00 bits per heavy atom. The summed E-state index contributed by atoms with van der Waals surface area (Å²) in [6, 6.07) is 31.8. The number of nitrogens with one attached hydrogen (secondary N) is 1. The SMILES string of the molecule is CCc1ccccc1N(CC(=O)N(Cc1ccc(C)cc1)[C@@H](Cc1ccccc1)C(=O)N[C@H](C)CC)S(=O)(=O)c1ccccc1. The molecule has 4 aromatic carbocycles. The van der Waals surface area contributed by atoms with Gasteiger partial charge in [-0.05, 0) is 61.6 Å². The van der Waals surface area contributed by atoms with Crippen molar-refractivity contribution in [3.63, 3.8) is 0 Å². The van der Waals surface area contributed by atoms with E-state index >= 15 is 0 Å². The second kappa shape index (κ2) is 15.5. The molecule has 4 aromatic rings. The maximum atomic E-state index is 14.6. The van der Waals surface area contributed by atoms with Crippen LogP contribution in [0, 0.1) is 6.92 Å². The summed E-state index contributed by atoms with van der Waals surface area (Å²) in [5, 5.41) is 3.07. The largest absolute Gasteiger partial charge is 0.352 e. The molecule has 0 heterocycles. The third-order valence-electron chi connectivity index (χ3n) is 8.00. The minimum Gasteiger partial charge on any atom is -0.352 e. The molecule has 0 aliphatic carbocycles. The fraction of sp³-hybridized carbons (Fsp3) is 0.297. The lowest BCUT2D eigenvalue weighted by Gasteiger charge is -2.34. The third kappa shape index (κ3) is 8.60. The van der Waals surface area contributed by atoms with Crippen molar-refractivity contribution in [2.45, 2.75) is 70.5 Å². The highest BCUT2D eigenvalue weighted by Gasteiger charge is 2.35. The molecule has 0 aliphatic rings. The van der Waals surface area contributed by atoms with Gasteiger partial charge in [-0.1, -0.05) is 110 Å². The van der Waals surface area contributed by atoms with E-state index in [0.29, 0.717) is 12.1 Å². The van der Waals surface area contributed by atoms with Gasteiger partial charge in [0.05, 0.1) is 10.6 Å². The van der Waals surface area contributed by atoms with Gasteiger partial charge < -0.3 is 10.2 Å². The van der Waals surface area contributed by atoms with Crippen LogP contribution in [0.1, 0.15) is 49.4 Å². The number of carbonyl (C=O) groups is 2. The Morgan fingerprint density at radius 1 is 0.778 bits per heavy atom. The summed E-state index contributed by atoms with van der Waals surface area (Å²) in [6.45, 7) is 7.53. The van der Waals surface area contributed by atoms with E-state index in [0.717, 1.165) is 28.7 Å². The molecule has 1 N–H and O–H groups in total. The van der Waals surface area contributed by atoms with Crippen LogP contribution in [0.3, 0.4) is 0 Å². The van der Waals surface area contributed by atoms with Gasteiger partial charge >= 0.3 is 0 Å². The van der Waals surface area contributed by atoms with Gasteiger partial charge in [0.15, 0.2) is 0 Å². The monoisotopic (exact) mass is 625 g/mol. The molecule has 0 radical (unpaired) electrons. The molecule has 8 heteroatoms. The van der Waals surface area contributed by atoms with Gasteiger partial charge in [-0.3, -0.25) is 13.9 Å². The Balaban J connectivity index is 1.82. The molecule has 2 amide bonds. The lowest BCUT2D eigenvalue weighted by molar-refractivity contribution is -0.140.